The lowest BCUT2D eigenvalue weighted by Crippen LogP contribution is -1.91. The van der Waals surface area contributed by atoms with Crippen molar-refractivity contribution < 1.29 is 4.74 Å². The molecule has 0 spiro atoms. The number of hydrogen-bond donors (Lipinski definition) is 2. The minimum atomic E-state index is 0.408. The van der Waals surface area contributed by atoms with Crippen molar-refractivity contribution in [1.82, 2.24) is 20.2 Å². The molecule has 14 heavy (non-hydrogen) atoms. The van der Waals surface area contributed by atoms with Crippen LogP contribution in [-0.4, -0.2) is 27.3 Å². The topological polar surface area (TPSA) is 66.6 Å². The first-order chi connectivity index (χ1) is 6.81. The van der Waals surface area contributed by atoms with Crippen LogP contribution in [0.3, 0.4) is 0 Å². The molecule has 0 saturated carbocycles. The highest BCUT2D eigenvalue weighted by molar-refractivity contribution is 7.71. The zero-order chi connectivity index (χ0) is 9.97. The molecule has 2 aromatic rings. The van der Waals surface area contributed by atoms with Gasteiger partial charge in [0, 0.05) is 6.20 Å². The van der Waals surface area contributed by atoms with Crippen molar-refractivity contribution in [3.63, 3.8) is 0 Å². The Morgan fingerprint density at radius 1 is 1.43 bits per heavy atom. The van der Waals surface area contributed by atoms with Gasteiger partial charge in [0.25, 0.3) is 0 Å². The second-order valence-corrected chi connectivity index (χ2v) is 2.96. The summed E-state index contributed by atoms with van der Waals surface area (Å²) in [6, 6.07) is 3.66. The van der Waals surface area contributed by atoms with Crippen molar-refractivity contribution in [1.29, 1.82) is 0 Å². The lowest BCUT2D eigenvalue weighted by Gasteiger charge is -2.02. The second-order valence-electron chi connectivity index (χ2n) is 2.58. The Balaban J connectivity index is 2.55. The summed E-state index contributed by atoms with van der Waals surface area (Å²) in [5.41, 5.74) is 0.780. The van der Waals surface area contributed by atoms with Crippen molar-refractivity contribution in [3.05, 3.63) is 23.1 Å². The van der Waals surface area contributed by atoms with Crippen LogP contribution in [0.2, 0.25) is 0 Å². The molecule has 5 nitrogen and oxygen atoms in total. The van der Waals surface area contributed by atoms with Crippen molar-refractivity contribution >= 4 is 12.2 Å². The summed E-state index contributed by atoms with van der Waals surface area (Å²) in [4.78, 5) is 8.13. The third kappa shape index (κ3) is 1.51. The molecule has 0 amide bonds. The maximum atomic E-state index is 5.09. The van der Waals surface area contributed by atoms with Gasteiger partial charge in [-0.1, -0.05) is 0 Å². The molecular weight excluding hydrogens is 200 g/mol. The Morgan fingerprint density at radius 2 is 2.29 bits per heavy atom. The number of rotatable bonds is 2. The monoisotopic (exact) mass is 208 g/mol. The standard InChI is InChI=1S/C8H8N4OS/c1-13-7-5(3-2-4-9-7)6-10-8(14)12-11-6/h2-4H,1H3,(H2,10,11,12,14). The van der Waals surface area contributed by atoms with E-state index >= 15 is 0 Å². The quantitative estimate of drug-likeness (QED) is 0.734. The van der Waals surface area contributed by atoms with E-state index < -0.39 is 0 Å². The van der Waals surface area contributed by atoms with Crippen LogP contribution >= 0.6 is 12.2 Å². The molecule has 6 heteroatoms. The van der Waals surface area contributed by atoms with Crippen molar-refractivity contribution in [2.24, 2.45) is 0 Å². The second kappa shape index (κ2) is 3.59. The highest BCUT2D eigenvalue weighted by atomic mass is 32.1. The number of hydrogen-bond acceptors (Lipinski definition) is 4. The Morgan fingerprint density at radius 3 is 2.93 bits per heavy atom. The van der Waals surface area contributed by atoms with Gasteiger partial charge in [-0.3, -0.25) is 10.2 Å². The third-order valence-corrected chi connectivity index (χ3v) is 1.91. The molecule has 0 atom stereocenters. The fourth-order valence-electron chi connectivity index (χ4n) is 1.13. The average Bonchev–Trinajstić information content (AvgIpc) is 2.65. The Kier molecular flexibility index (Phi) is 2.28. The first-order valence-corrected chi connectivity index (χ1v) is 4.36. The predicted octanol–water partition coefficient (Wildman–Crippen LogP) is 1.54. The summed E-state index contributed by atoms with van der Waals surface area (Å²) in [5, 5.41) is 5.55. The predicted molar refractivity (Wildman–Crippen MR) is 53.6 cm³/mol. The van der Waals surface area contributed by atoms with Gasteiger partial charge >= 0.3 is 0 Å². The minimum absolute atomic E-state index is 0.408. The van der Waals surface area contributed by atoms with E-state index in [9.17, 15) is 0 Å². The molecule has 0 aromatic carbocycles. The van der Waals surface area contributed by atoms with Crippen LogP contribution < -0.4 is 4.74 Å². The van der Waals surface area contributed by atoms with E-state index in [0.717, 1.165) is 5.56 Å². The highest BCUT2D eigenvalue weighted by Gasteiger charge is 2.08. The number of methoxy groups -OCH3 is 1. The van der Waals surface area contributed by atoms with Crippen LogP contribution in [0.5, 0.6) is 5.88 Å². The van der Waals surface area contributed by atoms with Gasteiger partial charge in [-0.25, -0.2) is 4.98 Å². The largest absolute Gasteiger partial charge is 0.480 e. The van der Waals surface area contributed by atoms with E-state index in [4.69, 9.17) is 17.0 Å². The van der Waals surface area contributed by atoms with Gasteiger partial charge in [0.2, 0.25) is 10.7 Å². The normalized spacial score (nSPS) is 10.1. The van der Waals surface area contributed by atoms with Crippen LogP contribution in [0.1, 0.15) is 0 Å². The maximum absolute atomic E-state index is 5.09. The molecule has 2 heterocycles. The SMILES string of the molecule is COc1ncccc1-c1nc(=S)[nH][nH]1. The van der Waals surface area contributed by atoms with E-state index in [0.29, 0.717) is 16.5 Å². The molecule has 2 rings (SSSR count). The molecule has 0 radical (unpaired) electrons. The van der Waals surface area contributed by atoms with Crippen LogP contribution in [-0.2, 0) is 0 Å². The Labute approximate surface area is 85.2 Å². The number of pyridine rings is 1. The lowest BCUT2D eigenvalue weighted by atomic mass is 10.2. The summed E-state index contributed by atoms with van der Waals surface area (Å²) in [6.45, 7) is 0. The van der Waals surface area contributed by atoms with Crippen LogP contribution in [0.4, 0.5) is 0 Å². The van der Waals surface area contributed by atoms with E-state index in [-0.39, 0.29) is 0 Å². The van der Waals surface area contributed by atoms with Crippen molar-refractivity contribution in [2.45, 2.75) is 0 Å². The van der Waals surface area contributed by atoms with Crippen LogP contribution in [0.15, 0.2) is 18.3 Å². The van der Waals surface area contributed by atoms with Gasteiger partial charge in [0.15, 0.2) is 5.82 Å². The summed E-state index contributed by atoms with van der Waals surface area (Å²) in [5.74, 6) is 1.14. The molecule has 0 aliphatic heterocycles. The number of H-pyrrole nitrogens is 2. The van der Waals surface area contributed by atoms with Crippen molar-refractivity contribution in [3.8, 4) is 17.3 Å². The molecule has 2 aromatic heterocycles. The van der Waals surface area contributed by atoms with Crippen LogP contribution in [0, 0.1) is 4.77 Å². The number of ether oxygens (including phenoxy) is 1. The smallest absolute Gasteiger partial charge is 0.224 e. The first-order valence-electron chi connectivity index (χ1n) is 3.95. The summed E-state index contributed by atoms with van der Waals surface area (Å²) in [7, 11) is 1.56. The van der Waals surface area contributed by atoms with Gasteiger partial charge in [0.1, 0.15) is 0 Å². The summed E-state index contributed by atoms with van der Waals surface area (Å²) >= 11 is 4.85. The number of aromatic amines is 2. The highest BCUT2D eigenvalue weighted by Crippen LogP contribution is 2.23. The van der Waals surface area contributed by atoms with Gasteiger partial charge in [-0.15, -0.1) is 0 Å². The van der Waals surface area contributed by atoms with Crippen molar-refractivity contribution in [2.75, 3.05) is 7.11 Å². The average molecular weight is 208 g/mol. The molecule has 0 saturated heterocycles. The fraction of sp³-hybridized carbons (Fsp3) is 0.125. The van der Waals surface area contributed by atoms with Gasteiger partial charge in [-0.2, -0.15) is 4.98 Å². The van der Waals surface area contributed by atoms with Crippen LogP contribution in [0.25, 0.3) is 11.4 Å². The molecule has 72 valence electrons. The molecular formula is C8H8N4OS. The molecule has 0 aliphatic rings. The summed E-state index contributed by atoms with van der Waals surface area (Å²) < 4.78 is 5.50. The minimum Gasteiger partial charge on any atom is -0.480 e. The molecule has 0 fully saturated rings. The fourth-order valence-corrected chi connectivity index (χ4v) is 1.27. The third-order valence-electron chi connectivity index (χ3n) is 1.72. The molecule has 0 bridgehead atoms. The van der Waals surface area contributed by atoms with E-state index in [1.807, 2.05) is 12.1 Å². The summed E-state index contributed by atoms with van der Waals surface area (Å²) in [6.07, 6.45) is 1.66. The number of aromatic nitrogens is 4. The zero-order valence-corrected chi connectivity index (χ0v) is 8.26. The van der Waals surface area contributed by atoms with Gasteiger partial charge in [0.05, 0.1) is 12.7 Å². The number of nitrogens with zero attached hydrogens (tertiary/aromatic N) is 2. The molecule has 2 N–H and O–H groups in total. The number of nitrogens with one attached hydrogen (secondary N) is 2. The Bertz CT molecular complexity index is 490. The Hall–Kier alpha value is -1.69. The lowest BCUT2D eigenvalue weighted by molar-refractivity contribution is 0.399. The van der Waals surface area contributed by atoms with E-state index in [2.05, 4.69) is 20.2 Å². The van der Waals surface area contributed by atoms with E-state index in [1.54, 1.807) is 13.3 Å². The zero-order valence-electron chi connectivity index (χ0n) is 7.44. The first kappa shape index (κ1) is 8.89. The van der Waals surface area contributed by atoms with Gasteiger partial charge < -0.3 is 4.74 Å². The van der Waals surface area contributed by atoms with Gasteiger partial charge in [-0.05, 0) is 24.4 Å². The maximum Gasteiger partial charge on any atom is 0.224 e. The molecule has 0 unspecified atom stereocenters. The molecule has 0 aliphatic carbocycles. The van der Waals surface area contributed by atoms with E-state index in [1.165, 1.54) is 0 Å².